The van der Waals surface area contributed by atoms with Crippen molar-refractivity contribution < 1.29 is 18.6 Å². The molecule has 0 saturated heterocycles. The van der Waals surface area contributed by atoms with Gasteiger partial charge in [0.05, 0.1) is 18.1 Å². The molecular weight excluding hydrogens is 334 g/mol. The SMILES string of the molecule is CC(=O)Nc1nonc1NC(=O)CSCc1ccc(CN(C)C)o1. The molecule has 2 N–H and O–H groups in total. The van der Waals surface area contributed by atoms with Crippen LogP contribution >= 0.6 is 11.8 Å². The van der Waals surface area contributed by atoms with Crippen LogP contribution in [0.5, 0.6) is 0 Å². The van der Waals surface area contributed by atoms with Gasteiger partial charge in [0, 0.05) is 6.92 Å². The van der Waals surface area contributed by atoms with E-state index in [2.05, 4.69) is 25.6 Å². The maximum atomic E-state index is 11.9. The van der Waals surface area contributed by atoms with E-state index in [9.17, 15) is 9.59 Å². The molecule has 2 rings (SSSR count). The lowest BCUT2D eigenvalue weighted by molar-refractivity contribution is -0.115. The Morgan fingerprint density at radius 1 is 1.17 bits per heavy atom. The van der Waals surface area contributed by atoms with Gasteiger partial charge in [0.1, 0.15) is 11.5 Å². The van der Waals surface area contributed by atoms with E-state index in [1.807, 2.05) is 31.1 Å². The van der Waals surface area contributed by atoms with Crippen LogP contribution in [-0.4, -0.2) is 46.9 Å². The van der Waals surface area contributed by atoms with Crippen LogP contribution in [0.25, 0.3) is 0 Å². The maximum absolute atomic E-state index is 11.9. The number of furan rings is 1. The van der Waals surface area contributed by atoms with Gasteiger partial charge in [0.25, 0.3) is 0 Å². The summed E-state index contributed by atoms with van der Waals surface area (Å²) in [4.78, 5) is 24.9. The van der Waals surface area contributed by atoms with E-state index in [0.29, 0.717) is 5.75 Å². The Kier molecular flexibility index (Phi) is 6.38. The number of hydrogen-bond donors (Lipinski definition) is 2. The predicted octanol–water partition coefficient (Wildman–Crippen LogP) is 1.55. The van der Waals surface area contributed by atoms with Gasteiger partial charge in [0.15, 0.2) is 0 Å². The first-order valence-electron chi connectivity index (χ1n) is 7.14. The molecule has 9 nitrogen and oxygen atoms in total. The van der Waals surface area contributed by atoms with Crippen LogP contribution in [-0.2, 0) is 21.9 Å². The Labute approximate surface area is 143 Å². The topological polar surface area (TPSA) is 114 Å². The zero-order chi connectivity index (χ0) is 17.5. The monoisotopic (exact) mass is 353 g/mol. The minimum absolute atomic E-state index is 0.0835. The van der Waals surface area contributed by atoms with Crippen LogP contribution in [0.4, 0.5) is 11.6 Å². The summed E-state index contributed by atoms with van der Waals surface area (Å²) in [5.74, 6) is 2.04. The van der Waals surface area contributed by atoms with Gasteiger partial charge in [-0.3, -0.25) is 9.59 Å². The first kappa shape index (κ1) is 18.0. The third-order valence-electron chi connectivity index (χ3n) is 2.71. The van der Waals surface area contributed by atoms with Gasteiger partial charge >= 0.3 is 0 Å². The van der Waals surface area contributed by atoms with E-state index in [-0.39, 0.29) is 29.2 Å². The summed E-state index contributed by atoms with van der Waals surface area (Å²) in [7, 11) is 3.94. The lowest BCUT2D eigenvalue weighted by Gasteiger charge is -2.05. The second-order valence-electron chi connectivity index (χ2n) is 5.29. The van der Waals surface area contributed by atoms with E-state index in [0.717, 1.165) is 18.1 Å². The quantitative estimate of drug-likeness (QED) is 0.735. The third-order valence-corrected chi connectivity index (χ3v) is 3.66. The summed E-state index contributed by atoms with van der Waals surface area (Å²) >= 11 is 1.40. The van der Waals surface area contributed by atoms with E-state index in [1.165, 1.54) is 18.7 Å². The summed E-state index contributed by atoms with van der Waals surface area (Å²) in [6, 6.07) is 3.83. The van der Waals surface area contributed by atoms with Gasteiger partial charge in [-0.2, -0.15) is 0 Å². The second kappa shape index (κ2) is 8.50. The number of anilines is 2. The smallest absolute Gasteiger partial charge is 0.235 e. The van der Waals surface area contributed by atoms with Crippen molar-refractivity contribution in [2.75, 3.05) is 30.5 Å². The first-order chi connectivity index (χ1) is 11.4. The largest absolute Gasteiger partial charge is 0.464 e. The molecular formula is C14H19N5O4S. The van der Waals surface area contributed by atoms with Gasteiger partial charge in [-0.05, 0) is 36.5 Å². The second-order valence-corrected chi connectivity index (χ2v) is 6.28. The molecule has 2 heterocycles. The number of rotatable bonds is 8. The van der Waals surface area contributed by atoms with Gasteiger partial charge in [-0.15, -0.1) is 11.8 Å². The van der Waals surface area contributed by atoms with Crippen molar-refractivity contribution in [2.45, 2.75) is 19.2 Å². The molecule has 2 amide bonds. The zero-order valence-electron chi connectivity index (χ0n) is 13.7. The molecule has 0 spiro atoms. The molecule has 0 aliphatic rings. The first-order valence-corrected chi connectivity index (χ1v) is 8.29. The Morgan fingerprint density at radius 2 is 1.83 bits per heavy atom. The molecule has 0 aliphatic heterocycles. The Balaban J connectivity index is 1.76. The van der Waals surface area contributed by atoms with Gasteiger partial charge in [-0.1, -0.05) is 0 Å². The average molecular weight is 353 g/mol. The van der Waals surface area contributed by atoms with E-state index >= 15 is 0 Å². The van der Waals surface area contributed by atoms with Crippen molar-refractivity contribution in [1.82, 2.24) is 15.2 Å². The number of nitrogens with zero attached hydrogens (tertiary/aromatic N) is 3. The fourth-order valence-electron chi connectivity index (χ4n) is 1.83. The molecule has 0 unspecified atom stereocenters. The fraction of sp³-hybridized carbons (Fsp3) is 0.429. The lowest BCUT2D eigenvalue weighted by Crippen LogP contribution is -2.16. The molecule has 130 valence electrons. The van der Waals surface area contributed by atoms with Crippen LogP contribution in [0.3, 0.4) is 0 Å². The highest BCUT2D eigenvalue weighted by Gasteiger charge is 2.14. The van der Waals surface area contributed by atoms with Crippen molar-refractivity contribution in [3.63, 3.8) is 0 Å². The molecule has 0 fully saturated rings. The lowest BCUT2D eigenvalue weighted by atomic mass is 10.4. The van der Waals surface area contributed by atoms with Crippen LogP contribution < -0.4 is 10.6 Å². The Bertz CT molecular complexity index is 697. The molecule has 0 aliphatic carbocycles. The maximum Gasteiger partial charge on any atom is 0.235 e. The molecule has 2 aromatic heterocycles. The number of thioether (sulfide) groups is 1. The van der Waals surface area contributed by atoms with E-state index < -0.39 is 0 Å². The summed E-state index contributed by atoms with van der Waals surface area (Å²) in [5, 5.41) is 12.0. The van der Waals surface area contributed by atoms with Gasteiger partial charge < -0.3 is 20.0 Å². The third kappa shape index (κ3) is 5.70. The standard InChI is InChI=1S/C14H19N5O4S/c1-9(20)15-13-14(18-23-17-13)16-12(21)8-24-7-11-5-4-10(22-11)6-19(2)3/h4-5H,6-8H2,1-3H3,(H,15,17,20)(H,16,18,21). The average Bonchev–Trinajstić information content (AvgIpc) is 3.08. The molecule has 0 bridgehead atoms. The van der Waals surface area contributed by atoms with Crippen molar-refractivity contribution in [2.24, 2.45) is 0 Å². The highest BCUT2D eigenvalue weighted by molar-refractivity contribution is 7.99. The summed E-state index contributed by atoms with van der Waals surface area (Å²) in [6.45, 7) is 2.06. The summed E-state index contributed by atoms with van der Waals surface area (Å²) in [6.07, 6.45) is 0. The highest BCUT2D eigenvalue weighted by atomic mass is 32.2. The van der Waals surface area contributed by atoms with Crippen molar-refractivity contribution >= 4 is 35.2 Å². The van der Waals surface area contributed by atoms with Gasteiger partial charge in [-0.25, -0.2) is 4.63 Å². The van der Waals surface area contributed by atoms with Crippen molar-refractivity contribution in [3.8, 4) is 0 Å². The van der Waals surface area contributed by atoms with Crippen LogP contribution in [0, 0.1) is 0 Å². The van der Waals surface area contributed by atoms with Crippen molar-refractivity contribution in [3.05, 3.63) is 23.7 Å². The minimum Gasteiger partial charge on any atom is -0.464 e. The minimum atomic E-state index is -0.332. The van der Waals surface area contributed by atoms with Crippen LogP contribution in [0.15, 0.2) is 21.2 Å². The Morgan fingerprint density at radius 3 is 2.50 bits per heavy atom. The van der Waals surface area contributed by atoms with E-state index in [4.69, 9.17) is 4.42 Å². The van der Waals surface area contributed by atoms with E-state index in [1.54, 1.807) is 0 Å². The number of aromatic nitrogens is 2. The molecule has 10 heteroatoms. The van der Waals surface area contributed by atoms with Crippen LogP contribution in [0.1, 0.15) is 18.4 Å². The number of carbonyl (C=O) groups is 2. The molecule has 0 saturated carbocycles. The number of nitrogens with one attached hydrogen (secondary N) is 2. The van der Waals surface area contributed by atoms with Crippen molar-refractivity contribution in [1.29, 1.82) is 0 Å². The summed E-state index contributed by atoms with van der Waals surface area (Å²) in [5.41, 5.74) is 0. The highest BCUT2D eigenvalue weighted by Crippen LogP contribution is 2.18. The molecule has 0 atom stereocenters. The number of carbonyl (C=O) groups excluding carboxylic acids is 2. The van der Waals surface area contributed by atoms with Crippen LogP contribution in [0.2, 0.25) is 0 Å². The Hall–Kier alpha value is -2.33. The molecule has 0 radical (unpaired) electrons. The zero-order valence-corrected chi connectivity index (χ0v) is 14.5. The van der Waals surface area contributed by atoms with Gasteiger partial charge in [0.2, 0.25) is 23.5 Å². The number of hydrogen-bond acceptors (Lipinski definition) is 8. The molecule has 0 aromatic carbocycles. The normalized spacial score (nSPS) is 10.8. The fourth-order valence-corrected chi connectivity index (χ4v) is 2.54. The predicted molar refractivity (Wildman–Crippen MR) is 89.5 cm³/mol. The molecule has 2 aromatic rings. The molecule has 24 heavy (non-hydrogen) atoms. The summed E-state index contributed by atoms with van der Waals surface area (Å²) < 4.78 is 10.2. The number of amides is 2.